The Kier molecular flexibility index (Phi) is 4.19. The molecule has 0 bridgehead atoms. The Hall–Kier alpha value is -1.46. The molecular formula is C17H21N3S2. The molecule has 1 aliphatic rings. The molecule has 0 radical (unpaired) electrons. The fraction of sp³-hybridized carbons (Fsp3) is 0.353. The molecular weight excluding hydrogens is 310 g/mol. The van der Waals surface area contributed by atoms with E-state index in [0.29, 0.717) is 0 Å². The Morgan fingerprint density at radius 2 is 1.95 bits per heavy atom. The Morgan fingerprint density at radius 3 is 2.59 bits per heavy atom. The van der Waals surface area contributed by atoms with E-state index in [-0.39, 0.29) is 5.50 Å². The third-order valence-electron chi connectivity index (χ3n) is 3.84. The maximum Gasteiger partial charge on any atom is 0.152 e. The van der Waals surface area contributed by atoms with Crippen LogP contribution in [0, 0.1) is 27.7 Å². The Morgan fingerprint density at radius 1 is 1.18 bits per heavy atom. The predicted molar refractivity (Wildman–Crippen MR) is 98.2 cm³/mol. The van der Waals surface area contributed by atoms with Crippen molar-refractivity contribution in [3.63, 3.8) is 0 Å². The van der Waals surface area contributed by atoms with Crippen molar-refractivity contribution in [1.29, 1.82) is 0 Å². The fourth-order valence-electron chi connectivity index (χ4n) is 2.65. The van der Waals surface area contributed by atoms with E-state index in [4.69, 9.17) is 0 Å². The molecule has 2 heterocycles. The third kappa shape index (κ3) is 2.88. The van der Waals surface area contributed by atoms with E-state index >= 15 is 0 Å². The molecule has 0 saturated heterocycles. The first kappa shape index (κ1) is 15.4. The molecule has 0 fully saturated rings. The molecule has 0 amide bonds. The second kappa shape index (κ2) is 5.97. The summed E-state index contributed by atoms with van der Waals surface area (Å²) in [6, 6.07) is 6.53. The van der Waals surface area contributed by atoms with E-state index < -0.39 is 0 Å². The summed E-state index contributed by atoms with van der Waals surface area (Å²) in [6.07, 6.45) is 0. The van der Waals surface area contributed by atoms with Crippen molar-refractivity contribution < 1.29 is 0 Å². The quantitative estimate of drug-likeness (QED) is 0.878. The first-order valence-electron chi connectivity index (χ1n) is 7.32. The van der Waals surface area contributed by atoms with Crippen LogP contribution >= 0.6 is 23.1 Å². The van der Waals surface area contributed by atoms with E-state index in [2.05, 4.69) is 73.6 Å². The zero-order valence-electron chi connectivity index (χ0n) is 13.6. The fourth-order valence-corrected chi connectivity index (χ4v) is 4.74. The molecule has 1 aromatic heterocycles. The summed E-state index contributed by atoms with van der Waals surface area (Å²) in [6.45, 7) is 8.43. The minimum Gasteiger partial charge on any atom is -0.356 e. The summed E-state index contributed by atoms with van der Waals surface area (Å²) in [4.78, 5) is 8.12. The van der Waals surface area contributed by atoms with E-state index in [1.165, 1.54) is 27.4 Å². The Balaban J connectivity index is 1.78. The summed E-state index contributed by atoms with van der Waals surface area (Å²) in [7, 11) is 2.14. The molecule has 5 heteroatoms. The summed E-state index contributed by atoms with van der Waals surface area (Å²) < 4.78 is 0. The van der Waals surface area contributed by atoms with Gasteiger partial charge in [0.15, 0.2) is 5.50 Å². The first-order chi connectivity index (χ1) is 10.5. The maximum absolute atomic E-state index is 4.54. The van der Waals surface area contributed by atoms with Crippen molar-refractivity contribution in [2.75, 3.05) is 12.4 Å². The monoisotopic (exact) mass is 331 g/mol. The van der Waals surface area contributed by atoms with Gasteiger partial charge in [-0.2, -0.15) is 0 Å². The van der Waals surface area contributed by atoms with Gasteiger partial charge in [0.25, 0.3) is 0 Å². The molecule has 0 aliphatic carbocycles. The average Bonchev–Trinajstić information content (AvgIpc) is 2.96. The van der Waals surface area contributed by atoms with E-state index in [1.807, 2.05) is 11.8 Å². The predicted octanol–water partition coefficient (Wildman–Crippen LogP) is 4.75. The number of hydrogen-bond donors (Lipinski definition) is 1. The molecule has 3 nitrogen and oxygen atoms in total. The van der Waals surface area contributed by atoms with Crippen molar-refractivity contribution in [3.05, 3.63) is 50.3 Å². The summed E-state index contributed by atoms with van der Waals surface area (Å²) in [5.74, 6) is 0. The van der Waals surface area contributed by atoms with Gasteiger partial charge in [-0.05, 0) is 44.7 Å². The zero-order valence-corrected chi connectivity index (χ0v) is 15.2. The smallest absolute Gasteiger partial charge is 0.152 e. The highest BCUT2D eigenvalue weighted by atomic mass is 32.2. The van der Waals surface area contributed by atoms with Crippen molar-refractivity contribution >= 4 is 34.5 Å². The van der Waals surface area contributed by atoms with Crippen molar-refractivity contribution in [2.24, 2.45) is 0 Å². The van der Waals surface area contributed by atoms with Crippen LogP contribution in [0.25, 0.3) is 5.70 Å². The standard InChI is InChI=1S/C17H21N3S2/c1-10-6-7-14(11(2)8-10)19-17-20(5)15(9-21-17)16-12(3)18-13(4)22-16/h6-9,17,19H,1-5H3. The number of anilines is 1. The summed E-state index contributed by atoms with van der Waals surface area (Å²) >= 11 is 3.58. The molecule has 1 unspecified atom stereocenters. The van der Waals surface area contributed by atoms with Gasteiger partial charge in [-0.15, -0.1) is 11.3 Å². The van der Waals surface area contributed by atoms with Crippen LogP contribution in [-0.2, 0) is 0 Å². The molecule has 1 aliphatic heterocycles. The number of nitrogens with zero attached hydrogens (tertiary/aromatic N) is 2. The number of hydrogen-bond acceptors (Lipinski definition) is 5. The minimum atomic E-state index is 0.221. The highest BCUT2D eigenvalue weighted by Gasteiger charge is 2.27. The molecule has 116 valence electrons. The lowest BCUT2D eigenvalue weighted by molar-refractivity contribution is 0.491. The summed E-state index contributed by atoms with van der Waals surface area (Å²) in [5, 5.41) is 6.99. The van der Waals surface area contributed by atoms with Crippen molar-refractivity contribution in [2.45, 2.75) is 33.2 Å². The van der Waals surface area contributed by atoms with Crippen molar-refractivity contribution in [3.8, 4) is 0 Å². The normalized spacial score (nSPS) is 17.8. The number of nitrogens with one attached hydrogen (secondary N) is 1. The lowest BCUT2D eigenvalue weighted by atomic mass is 10.1. The van der Waals surface area contributed by atoms with Gasteiger partial charge in [-0.3, -0.25) is 0 Å². The number of benzene rings is 1. The van der Waals surface area contributed by atoms with Gasteiger partial charge in [0.05, 0.1) is 21.3 Å². The maximum atomic E-state index is 4.54. The van der Waals surface area contributed by atoms with E-state index in [9.17, 15) is 0 Å². The van der Waals surface area contributed by atoms with Crippen LogP contribution in [0.5, 0.6) is 0 Å². The first-order valence-corrected chi connectivity index (χ1v) is 9.08. The van der Waals surface area contributed by atoms with Crippen LogP contribution in [0.15, 0.2) is 23.6 Å². The molecule has 0 spiro atoms. The van der Waals surface area contributed by atoms with Crippen LogP contribution in [0.3, 0.4) is 0 Å². The number of aromatic nitrogens is 1. The van der Waals surface area contributed by atoms with Gasteiger partial charge in [0.2, 0.25) is 0 Å². The number of thioether (sulfide) groups is 1. The highest BCUT2D eigenvalue weighted by Crippen LogP contribution is 2.39. The van der Waals surface area contributed by atoms with Gasteiger partial charge in [-0.1, -0.05) is 29.5 Å². The number of aryl methyl sites for hydroxylation is 4. The van der Waals surface area contributed by atoms with Gasteiger partial charge < -0.3 is 10.2 Å². The van der Waals surface area contributed by atoms with Crippen molar-refractivity contribution in [1.82, 2.24) is 9.88 Å². The van der Waals surface area contributed by atoms with Gasteiger partial charge >= 0.3 is 0 Å². The van der Waals surface area contributed by atoms with Crippen LogP contribution in [-0.4, -0.2) is 22.4 Å². The van der Waals surface area contributed by atoms with Crippen LogP contribution < -0.4 is 5.32 Å². The Labute approximate surface area is 140 Å². The van der Waals surface area contributed by atoms with Gasteiger partial charge in [0, 0.05) is 12.7 Å². The molecule has 2 aromatic rings. The van der Waals surface area contributed by atoms with E-state index in [1.54, 1.807) is 11.3 Å². The second-order valence-electron chi connectivity index (χ2n) is 5.71. The minimum absolute atomic E-state index is 0.221. The zero-order chi connectivity index (χ0) is 15.9. The molecule has 22 heavy (non-hydrogen) atoms. The average molecular weight is 332 g/mol. The third-order valence-corrected chi connectivity index (χ3v) is 5.98. The van der Waals surface area contributed by atoms with Crippen LogP contribution in [0.2, 0.25) is 0 Å². The molecule has 1 N–H and O–H groups in total. The van der Waals surface area contributed by atoms with E-state index in [0.717, 1.165) is 10.7 Å². The summed E-state index contributed by atoms with van der Waals surface area (Å²) in [5.41, 5.74) is 6.38. The molecule has 1 aromatic carbocycles. The second-order valence-corrected chi connectivity index (χ2v) is 7.87. The number of thiazole rings is 1. The highest BCUT2D eigenvalue weighted by molar-refractivity contribution is 8.03. The molecule has 0 saturated carbocycles. The number of rotatable bonds is 3. The largest absolute Gasteiger partial charge is 0.356 e. The van der Waals surface area contributed by atoms with Crippen LogP contribution in [0.4, 0.5) is 5.69 Å². The van der Waals surface area contributed by atoms with Gasteiger partial charge in [-0.25, -0.2) is 4.98 Å². The Bertz CT molecular complexity index is 734. The van der Waals surface area contributed by atoms with Gasteiger partial charge in [0.1, 0.15) is 0 Å². The molecule has 3 rings (SSSR count). The SMILES string of the molecule is Cc1ccc(NC2SC=C(c3sc(C)nc3C)N2C)c(C)c1. The molecule has 1 atom stereocenters. The topological polar surface area (TPSA) is 28.2 Å². The van der Waals surface area contributed by atoms with Crippen LogP contribution in [0.1, 0.15) is 26.7 Å². The lowest BCUT2D eigenvalue weighted by Gasteiger charge is -2.26. The lowest BCUT2D eigenvalue weighted by Crippen LogP contribution is -2.30.